The van der Waals surface area contributed by atoms with Crippen molar-refractivity contribution in [3.8, 4) is 0 Å². The summed E-state index contributed by atoms with van der Waals surface area (Å²) >= 11 is 0. The zero-order valence-electron chi connectivity index (χ0n) is 15.5. The van der Waals surface area contributed by atoms with Gasteiger partial charge in [0.05, 0.1) is 40.2 Å². The lowest BCUT2D eigenvalue weighted by atomic mass is 10.2. The van der Waals surface area contributed by atoms with Crippen LogP contribution in [0.1, 0.15) is 35.6 Å². The molecule has 2 heterocycles. The highest BCUT2D eigenvalue weighted by Gasteiger charge is 2.26. The van der Waals surface area contributed by atoms with Gasteiger partial charge in [-0.1, -0.05) is 0 Å². The van der Waals surface area contributed by atoms with Crippen molar-refractivity contribution in [3.63, 3.8) is 0 Å². The second kappa shape index (κ2) is 7.37. The van der Waals surface area contributed by atoms with Crippen molar-refractivity contribution in [2.45, 2.75) is 39.9 Å². The van der Waals surface area contributed by atoms with Gasteiger partial charge in [-0.05, 0) is 45.9 Å². The zero-order chi connectivity index (χ0) is 18.8. The van der Waals surface area contributed by atoms with Crippen molar-refractivity contribution in [1.82, 2.24) is 14.9 Å². The molecule has 1 fully saturated rings. The summed E-state index contributed by atoms with van der Waals surface area (Å²) in [7, 11) is 0. The molecule has 2 aromatic rings. The van der Waals surface area contributed by atoms with E-state index < -0.39 is 5.97 Å². The van der Waals surface area contributed by atoms with E-state index >= 15 is 0 Å². The summed E-state index contributed by atoms with van der Waals surface area (Å²) in [6.45, 7) is 8.33. The topological polar surface area (TPSA) is 81.6 Å². The van der Waals surface area contributed by atoms with E-state index in [0.29, 0.717) is 24.2 Å². The van der Waals surface area contributed by atoms with Gasteiger partial charge in [0.1, 0.15) is 0 Å². The first-order valence-electron chi connectivity index (χ1n) is 8.69. The Morgan fingerprint density at radius 2 is 1.73 bits per heavy atom. The van der Waals surface area contributed by atoms with Crippen molar-refractivity contribution in [1.29, 1.82) is 0 Å². The molecule has 1 aromatic heterocycles. The molecule has 26 heavy (non-hydrogen) atoms. The van der Waals surface area contributed by atoms with Crippen molar-refractivity contribution >= 4 is 22.9 Å². The molecule has 0 bridgehead atoms. The second-order valence-electron chi connectivity index (χ2n) is 6.73. The monoisotopic (exact) mass is 357 g/mol. The highest BCUT2D eigenvalue weighted by atomic mass is 16.5. The minimum Gasteiger partial charge on any atom is -0.452 e. The van der Waals surface area contributed by atoms with E-state index in [2.05, 4.69) is 9.97 Å². The van der Waals surface area contributed by atoms with Crippen LogP contribution in [-0.4, -0.2) is 58.6 Å². The quantitative estimate of drug-likeness (QED) is 0.782. The Morgan fingerprint density at radius 1 is 1.12 bits per heavy atom. The van der Waals surface area contributed by atoms with Crippen LogP contribution in [0.2, 0.25) is 0 Å². The Balaban J connectivity index is 1.65. The summed E-state index contributed by atoms with van der Waals surface area (Å²) < 4.78 is 10.8. The predicted molar refractivity (Wildman–Crippen MR) is 95.9 cm³/mol. The molecule has 1 aliphatic heterocycles. The molecule has 0 unspecified atom stereocenters. The number of aryl methyl sites for hydroxylation is 2. The van der Waals surface area contributed by atoms with E-state index in [9.17, 15) is 9.59 Å². The van der Waals surface area contributed by atoms with Crippen LogP contribution < -0.4 is 0 Å². The molecule has 0 N–H and O–H groups in total. The third kappa shape index (κ3) is 3.99. The van der Waals surface area contributed by atoms with Gasteiger partial charge >= 0.3 is 5.97 Å². The number of benzene rings is 1. The summed E-state index contributed by atoms with van der Waals surface area (Å²) in [5.41, 5.74) is 3.37. The second-order valence-corrected chi connectivity index (χ2v) is 6.73. The van der Waals surface area contributed by atoms with Crippen molar-refractivity contribution in [2.75, 3.05) is 19.7 Å². The van der Waals surface area contributed by atoms with Crippen molar-refractivity contribution in [2.24, 2.45) is 0 Å². The number of hydrogen-bond donors (Lipinski definition) is 0. The molecular weight excluding hydrogens is 334 g/mol. The summed E-state index contributed by atoms with van der Waals surface area (Å²) in [6.07, 6.45) is -0.0479. The largest absolute Gasteiger partial charge is 0.452 e. The predicted octanol–water partition coefficient (Wildman–Crippen LogP) is 2.04. The number of hydrogen-bond acceptors (Lipinski definition) is 6. The molecule has 1 aliphatic rings. The number of aromatic nitrogens is 2. The number of nitrogens with zero attached hydrogens (tertiary/aromatic N) is 3. The fraction of sp³-hybridized carbons (Fsp3) is 0.474. The molecule has 0 aliphatic carbocycles. The summed E-state index contributed by atoms with van der Waals surface area (Å²) in [6, 6.07) is 5.01. The van der Waals surface area contributed by atoms with Crippen LogP contribution in [0.15, 0.2) is 18.2 Å². The molecule has 7 nitrogen and oxygen atoms in total. The molecule has 0 spiro atoms. The number of morpholine rings is 1. The average molecular weight is 357 g/mol. The number of fused-ring (bicyclic) bond motifs is 1. The Bertz CT molecular complexity index is 842. The fourth-order valence-electron chi connectivity index (χ4n) is 3.04. The Hall–Kier alpha value is -2.54. The summed E-state index contributed by atoms with van der Waals surface area (Å²) in [4.78, 5) is 35.1. The smallest absolute Gasteiger partial charge is 0.338 e. The van der Waals surface area contributed by atoms with E-state index in [1.807, 2.05) is 27.7 Å². The lowest BCUT2D eigenvalue weighted by molar-refractivity contribution is -0.146. The van der Waals surface area contributed by atoms with Crippen LogP contribution in [-0.2, 0) is 14.3 Å². The van der Waals surface area contributed by atoms with Crippen LogP contribution in [0.4, 0.5) is 0 Å². The van der Waals surface area contributed by atoms with Crippen LogP contribution in [0.3, 0.4) is 0 Å². The maximum atomic E-state index is 12.3. The molecule has 3 rings (SSSR count). The van der Waals surface area contributed by atoms with Crippen LogP contribution in [0.5, 0.6) is 0 Å². The van der Waals surface area contributed by atoms with Gasteiger partial charge in [-0.15, -0.1) is 0 Å². The van der Waals surface area contributed by atoms with E-state index in [0.717, 1.165) is 16.9 Å². The molecular formula is C19H23N3O4. The lowest BCUT2D eigenvalue weighted by Crippen LogP contribution is -2.49. The van der Waals surface area contributed by atoms with Gasteiger partial charge in [0, 0.05) is 13.1 Å². The molecule has 138 valence electrons. The van der Waals surface area contributed by atoms with E-state index in [1.54, 1.807) is 23.1 Å². The molecule has 1 saturated heterocycles. The van der Waals surface area contributed by atoms with Crippen molar-refractivity contribution < 1.29 is 19.1 Å². The van der Waals surface area contributed by atoms with Gasteiger partial charge in [0.2, 0.25) is 0 Å². The van der Waals surface area contributed by atoms with E-state index in [1.165, 1.54) is 0 Å². The Morgan fingerprint density at radius 3 is 2.38 bits per heavy atom. The lowest BCUT2D eigenvalue weighted by Gasteiger charge is -2.35. The molecule has 2 atom stereocenters. The van der Waals surface area contributed by atoms with Crippen LogP contribution in [0.25, 0.3) is 11.0 Å². The third-order valence-corrected chi connectivity index (χ3v) is 4.41. The van der Waals surface area contributed by atoms with Crippen LogP contribution >= 0.6 is 0 Å². The average Bonchev–Trinajstić information content (AvgIpc) is 2.59. The maximum absolute atomic E-state index is 12.3. The minimum atomic E-state index is -0.547. The van der Waals surface area contributed by atoms with Gasteiger partial charge in [-0.3, -0.25) is 4.79 Å². The minimum absolute atomic E-state index is 0.0239. The molecule has 0 saturated carbocycles. The Kier molecular flexibility index (Phi) is 5.18. The van der Waals surface area contributed by atoms with Gasteiger partial charge in [-0.25, -0.2) is 14.8 Å². The third-order valence-electron chi connectivity index (χ3n) is 4.41. The van der Waals surface area contributed by atoms with E-state index in [4.69, 9.17) is 9.47 Å². The zero-order valence-corrected chi connectivity index (χ0v) is 15.5. The first-order chi connectivity index (χ1) is 12.3. The SMILES string of the molecule is Cc1nc2ccc(C(=O)OCC(=O)N3C[C@@H](C)O[C@@H](C)C3)cc2nc1C. The molecule has 7 heteroatoms. The van der Waals surface area contributed by atoms with Gasteiger partial charge in [0.15, 0.2) is 6.61 Å². The molecule has 0 radical (unpaired) electrons. The first kappa shape index (κ1) is 18.3. The maximum Gasteiger partial charge on any atom is 0.338 e. The number of carbonyl (C=O) groups excluding carboxylic acids is 2. The van der Waals surface area contributed by atoms with Gasteiger partial charge in [-0.2, -0.15) is 0 Å². The fourth-order valence-corrected chi connectivity index (χ4v) is 3.04. The normalized spacial score (nSPS) is 20.2. The number of ether oxygens (including phenoxy) is 2. The summed E-state index contributed by atoms with van der Waals surface area (Å²) in [5.74, 6) is -0.762. The highest BCUT2D eigenvalue weighted by Crippen LogP contribution is 2.16. The highest BCUT2D eigenvalue weighted by molar-refractivity contribution is 5.94. The summed E-state index contributed by atoms with van der Waals surface area (Å²) in [5, 5.41) is 0. The first-order valence-corrected chi connectivity index (χ1v) is 8.69. The number of carbonyl (C=O) groups is 2. The van der Waals surface area contributed by atoms with E-state index in [-0.39, 0.29) is 24.7 Å². The van der Waals surface area contributed by atoms with Gasteiger partial charge < -0.3 is 14.4 Å². The van der Waals surface area contributed by atoms with Crippen LogP contribution in [0, 0.1) is 13.8 Å². The van der Waals surface area contributed by atoms with Gasteiger partial charge in [0.25, 0.3) is 5.91 Å². The number of amides is 1. The number of rotatable bonds is 3. The standard InChI is InChI=1S/C19H23N3O4/c1-11-8-22(9-12(2)26-11)18(23)10-25-19(24)15-5-6-16-17(7-15)21-14(4)13(3)20-16/h5-7,11-12H,8-10H2,1-4H3/t11-,12+. The van der Waals surface area contributed by atoms with Crippen molar-refractivity contribution in [3.05, 3.63) is 35.2 Å². The Labute approximate surface area is 152 Å². The molecule has 1 amide bonds. The molecule has 1 aromatic carbocycles. The number of esters is 1.